The standard InChI is InChI=1S/C13H26N2O/c1-5-10-15(11(2)3)13(16)7-6-12(4)8-9-14/h5,11-12H,1,6-10,14H2,2-4H3. The van der Waals surface area contributed by atoms with Crippen LogP contribution in [0.3, 0.4) is 0 Å². The minimum Gasteiger partial charge on any atom is -0.337 e. The zero-order chi connectivity index (χ0) is 12.6. The maximum Gasteiger partial charge on any atom is 0.223 e. The summed E-state index contributed by atoms with van der Waals surface area (Å²) in [5.74, 6) is 0.755. The first-order valence-electron chi connectivity index (χ1n) is 6.13. The highest BCUT2D eigenvalue weighted by atomic mass is 16.2. The van der Waals surface area contributed by atoms with E-state index < -0.39 is 0 Å². The molecular formula is C13H26N2O. The second kappa shape index (κ2) is 8.34. The van der Waals surface area contributed by atoms with Gasteiger partial charge in [0, 0.05) is 19.0 Å². The van der Waals surface area contributed by atoms with Crippen LogP contribution >= 0.6 is 0 Å². The molecule has 0 aromatic heterocycles. The Labute approximate surface area is 99.7 Å². The molecule has 0 bridgehead atoms. The van der Waals surface area contributed by atoms with Crippen LogP contribution in [0.5, 0.6) is 0 Å². The smallest absolute Gasteiger partial charge is 0.223 e. The monoisotopic (exact) mass is 226 g/mol. The molecule has 0 saturated heterocycles. The van der Waals surface area contributed by atoms with Crippen LogP contribution in [0.4, 0.5) is 0 Å². The van der Waals surface area contributed by atoms with E-state index in [0.717, 1.165) is 12.8 Å². The second-order valence-electron chi connectivity index (χ2n) is 4.65. The lowest BCUT2D eigenvalue weighted by atomic mass is 10.0. The molecule has 0 aromatic rings. The lowest BCUT2D eigenvalue weighted by molar-refractivity contribution is -0.132. The maximum atomic E-state index is 11.9. The van der Waals surface area contributed by atoms with E-state index in [4.69, 9.17) is 5.73 Å². The summed E-state index contributed by atoms with van der Waals surface area (Å²) in [6, 6.07) is 0.246. The van der Waals surface area contributed by atoms with Crippen molar-refractivity contribution >= 4 is 5.91 Å². The Bertz CT molecular complexity index is 214. The molecule has 0 aliphatic rings. The minimum atomic E-state index is 0.221. The van der Waals surface area contributed by atoms with Crippen LogP contribution < -0.4 is 5.73 Å². The van der Waals surface area contributed by atoms with Gasteiger partial charge in [-0.15, -0.1) is 6.58 Å². The number of nitrogens with two attached hydrogens (primary N) is 1. The van der Waals surface area contributed by atoms with Crippen molar-refractivity contribution in [3.8, 4) is 0 Å². The molecule has 3 nitrogen and oxygen atoms in total. The summed E-state index contributed by atoms with van der Waals surface area (Å²) < 4.78 is 0. The lowest BCUT2D eigenvalue weighted by Gasteiger charge is -2.26. The van der Waals surface area contributed by atoms with Crippen molar-refractivity contribution in [2.75, 3.05) is 13.1 Å². The fraction of sp³-hybridized carbons (Fsp3) is 0.769. The maximum absolute atomic E-state index is 11.9. The average Bonchev–Trinajstić information content (AvgIpc) is 2.22. The highest BCUT2D eigenvalue weighted by Gasteiger charge is 2.15. The number of carbonyl (C=O) groups excluding carboxylic acids is 1. The SMILES string of the molecule is C=CCN(C(=O)CCC(C)CCN)C(C)C. The molecule has 1 atom stereocenters. The zero-order valence-corrected chi connectivity index (χ0v) is 10.9. The van der Waals surface area contributed by atoms with Crippen LogP contribution in [0.15, 0.2) is 12.7 Å². The first kappa shape index (κ1) is 15.2. The Kier molecular flexibility index (Phi) is 7.90. The van der Waals surface area contributed by atoms with Gasteiger partial charge in [-0.3, -0.25) is 4.79 Å². The van der Waals surface area contributed by atoms with Gasteiger partial charge in [-0.05, 0) is 39.2 Å². The minimum absolute atomic E-state index is 0.221. The van der Waals surface area contributed by atoms with Crippen molar-refractivity contribution in [1.29, 1.82) is 0 Å². The van der Waals surface area contributed by atoms with E-state index in [9.17, 15) is 4.79 Å². The Morgan fingerprint density at radius 2 is 2.00 bits per heavy atom. The van der Waals surface area contributed by atoms with E-state index in [2.05, 4.69) is 13.5 Å². The molecule has 3 heteroatoms. The van der Waals surface area contributed by atoms with Crippen molar-refractivity contribution in [3.05, 3.63) is 12.7 Å². The Hall–Kier alpha value is -0.830. The van der Waals surface area contributed by atoms with Crippen molar-refractivity contribution in [2.45, 2.75) is 46.1 Å². The van der Waals surface area contributed by atoms with Crippen molar-refractivity contribution in [3.63, 3.8) is 0 Å². The molecule has 0 aromatic carbocycles. The first-order valence-corrected chi connectivity index (χ1v) is 6.13. The molecule has 94 valence electrons. The number of nitrogens with zero attached hydrogens (tertiary/aromatic N) is 1. The predicted molar refractivity (Wildman–Crippen MR) is 69.1 cm³/mol. The number of hydrogen-bond acceptors (Lipinski definition) is 2. The van der Waals surface area contributed by atoms with E-state index in [1.807, 2.05) is 18.7 Å². The van der Waals surface area contributed by atoms with Crippen LogP contribution in [0, 0.1) is 5.92 Å². The Morgan fingerprint density at radius 1 is 1.38 bits per heavy atom. The largest absolute Gasteiger partial charge is 0.337 e. The van der Waals surface area contributed by atoms with E-state index in [-0.39, 0.29) is 11.9 Å². The van der Waals surface area contributed by atoms with Gasteiger partial charge < -0.3 is 10.6 Å². The molecule has 0 aliphatic heterocycles. The van der Waals surface area contributed by atoms with Gasteiger partial charge in [-0.1, -0.05) is 13.0 Å². The summed E-state index contributed by atoms with van der Waals surface area (Å²) in [6.45, 7) is 11.2. The molecule has 0 aliphatic carbocycles. The quantitative estimate of drug-likeness (QED) is 0.645. The van der Waals surface area contributed by atoms with Gasteiger partial charge in [0.05, 0.1) is 0 Å². The van der Waals surface area contributed by atoms with Crippen molar-refractivity contribution < 1.29 is 4.79 Å². The molecular weight excluding hydrogens is 200 g/mol. The van der Waals surface area contributed by atoms with E-state index in [1.54, 1.807) is 6.08 Å². The van der Waals surface area contributed by atoms with E-state index in [1.165, 1.54) is 0 Å². The third-order valence-electron chi connectivity index (χ3n) is 2.78. The number of carbonyl (C=O) groups is 1. The topological polar surface area (TPSA) is 46.3 Å². The van der Waals surface area contributed by atoms with Crippen molar-refractivity contribution in [1.82, 2.24) is 4.90 Å². The number of rotatable bonds is 8. The third-order valence-corrected chi connectivity index (χ3v) is 2.78. The van der Waals surface area contributed by atoms with Gasteiger partial charge >= 0.3 is 0 Å². The van der Waals surface area contributed by atoms with Gasteiger partial charge in [0.2, 0.25) is 5.91 Å². The summed E-state index contributed by atoms with van der Waals surface area (Å²) in [7, 11) is 0. The summed E-state index contributed by atoms with van der Waals surface area (Å²) in [4.78, 5) is 13.8. The van der Waals surface area contributed by atoms with Crippen LogP contribution in [-0.4, -0.2) is 29.9 Å². The molecule has 1 unspecified atom stereocenters. The first-order chi connectivity index (χ1) is 7.52. The van der Waals surface area contributed by atoms with E-state index >= 15 is 0 Å². The van der Waals surface area contributed by atoms with E-state index in [0.29, 0.717) is 25.4 Å². The van der Waals surface area contributed by atoms with Crippen molar-refractivity contribution in [2.24, 2.45) is 11.7 Å². The number of amides is 1. The molecule has 0 radical (unpaired) electrons. The molecule has 16 heavy (non-hydrogen) atoms. The van der Waals surface area contributed by atoms with Gasteiger partial charge in [0.25, 0.3) is 0 Å². The van der Waals surface area contributed by atoms with Crippen LogP contribution in [-0.2, 0) is 4.79 Å². The summed E-state index contributed by atoms with van der Waals surface area (Å²) >= 11 is 0. The normalized spacial score (nSPS) is 12.6. The summed E-state index contributed by atoms with van der Waals surface area (Å²) in [6.07, 6.45) is 4.32. The molecule has 0 rings (SSSR count). The zero-order valence-electron chi connectivity index (χ0n) is 10.9. The van der Waals surface area contributed by atoms with Gasteiger partial charge in [-0.25, -0.2) is 0 Å². The summed E-state index contributed by atoms with van der Waals surface area (Å²) in [5, 5.41) is 0. The molecule has 2 N–H and O–H groups in total. The van der Waals surface area contributed by atoms with Gasteiger partial charge in [0.15, 0.2) is 0 Å². The van der Waals surface area contributed by atoms with Gasteiger partial charge in [-0.2, -0.15) is 0 Å². The third kappa shape index (κ3) is 5.91. The molecule has 0 fully saturated rings. The molecule has 0 heterocycles. The predicted octanol–water partition coefficient (Wildman–Crippen LogP) is 2.17. The fourth-order valence-electron chi connectivity index (χ4n) is 1.68. The Morgan fingerprint density at radius 3 is 2.44 bits per heavy atom. The molecule has 1 amide bonds. The number of hydrogen-bond donors (Lipinski definition) is 1. The van der Waals surface area contributed by atoms with Crippen LogP contribution in [0.1, 0.15) is 40.0 Å². The van der Waals surface area contributed by atoms with Crippen LogP contribution in [0.2, 0.25) is 0 Å². The lowest BCUT2D eigenvalue weighted by Crippen LogP contribution is -2.37. The highest BCUT2D eigenvalue weighted by Crippen LogP contribution is 2.12. The van der Waals surface area contributed by atoms with Gasteiger partial charge in [0.1, 0.15) is 0 Å². The molecule has 0 spiro atoms. The second-order valence-corrected chi connectivity index (χ2v) is 4.65. The van der Waals surface area contributed by atoms with Crippen LogP contribution in [0.25, 0.3) is 0 Å². The highest BCUT2D eigenvalue weighted by molar-refractivity contribution is 5.76. The molecule has 0 saturated carbocycles. The summed E-state index contributed by atoms with van der Waals surface area (Å²) in [5.41, 5.74) is 5.48. The Balaban J connectivity index is 4.05. The fourth-order valence-corrected chi connectivity index (χ4v) is 1.68. The average molecular weight is 226 g/mol.